The Kier molecular flexibility index (Phi) is 4.09. The smallest absolute Gasteiger partial charge is 0.0370 e. The molecule has 4 aliphatic rings. The normalized spacial score (nSPS) is 35.4. The Morgan fingerprint density at radius 1 is 1.08 bits per heavy atom. The van der Waals surface area contributed by atoms with Crippen LogP contribution in [0.2, 0.25) is 0 Å². The molecule has 0 unspecified atom stereocenters. The number of piperidine rings is 1. The molecular formula is C23H35N3. The first-order valence-corrected chi connectivity index (χ1v) is 10.9. The highest BCUT2D eigenvalue weighted by atomic mass is 15.2. The summed E-state index contributed by atoms with van der Waals surface area (Å²) in [6.07, 6.45) is 5.54. The van der Waals surface area contributed by atoms with Gasteiger partial charge in [0.25, 0.3) is 0 Å². The van der Waals surface area contributed by atoms with Gasteiger partial charge >= 0.3 is 0 Å². The van der Waals surface area contributed by atoms with Crippen LogP contribution in [0.25, 0.3) is 0 Å². The zero-order valence-electron chi connectivity index (χ0n) is 16.9. The second kappa shape index (κ2) is 6.24. The van der Waals surface area contributed by atoms with Crippen LogP contribution in [-0.4, -0.2) is 62.2 Å². The summed E-state index contributed by atoms with van der Waals surface area (Å²) < 4.78 is 0. The van der Waals surface area contributed by atoms with Crippen molar-refractivity contribution in [1.82, 2.24) is 9.80 Å². The molecule has 3 heteroatoms. The van der Waals surface area contributed by atoms with Crippen molar-refractivity contribution in [3.05, 3.63) is 29.3 Å². The monoisotopic (exact) mass is 353 g/mol. The van der Waals surface area contributed by atoms with E-state index < -0.39 is 0 Å². The molecule has 0 radical (unpaired) electrons. The zero-order chi connectivity index (χ0) is 17.9. The lowest BCUT2D eigenvalue weighted by atomic mass is 9.59. The first-order valence-electron chi connectivity index (χ1n) is 10.9. The highest BCUT2D eigenvalue weighted by molar-refractivity contribution is 5.55. The van der Waals surface area contributed by atoms with Gasteiger partial charge in [-0.25, -0.2) is 0 Å². The fourth-order valence-electron chi connectivity index (χ4n) is 5.82. The van der Waals surface area contributed by atoms with E-state index in [0.717, 1.165) is 17.9 Å². The number of hydrogen-bond donors (Lipinski definition) is 0. The van der Waals surface area contributed by atoms with Gasteiger partial charge in [0.2, 0.25) is 0 Å². The Bertz CT molecular complexity index is 674. The molecule has 3 atom stereocenters. The van der Waals surface area contributed by atoms with Gasteiger partial charge in [-0.15, -0.1) is 0 Å². The number of fused-ring (bicyclic) bond motifs is 4. The van der Waals surface area contributed by atoms with Crippen LogP contribution in [0, 0.1) is 11.8 Å². The van der Waals surface area contributed by atoms with E-state index in [1.165, 1.54) is 70.6 Å². The maximum atomic E-state index is 2.85. The predicted octanol–water partition coefficient (Wildman–Crippen LogP) is 3.37. The number of likely N-dealkylation sites (tertiary alicyclic amines) is 1. The lowest BCUT2D eigenvalue weighted by molar-refractivity contribution is 0.0284. The van der Waals surface area contributed by atoms with E-state index in [1.54, 1.807) is 11.1 Å². The van der Waals surface area contributed by atoms with Crippen molar-refractivity contribution < 1.29 is 0 Å². The summed E-state index contributed by atoms with van der Waals surface area (Å²) in [5.74, 6) is 1.78. The van der Waals surface area contributed by atoms with E-state index >= 15 is 0 Å². The number of nitrogens with zero attached hydrogens (tertiary/aromatic N) is 3. The molecule has 0 spiro atoms. The van der Waals surface area contributed by atoms with Crippen LogP contribution in [0.5, 0.6) is 0 Å². The molecule has 2 heterocycles. The van der Waals surface area contributed by atoms with E-state index in [0.29, 0.717) is 5.41 Å². The molecule has 1 saturated carbocycles. The van der Waals surface area contributed by atoms with Crippen molar-refractivity contribution in [2.24, 2.45) is 11.8 Å². The largest absolute Gasteiger partial charge is 0.369 e. The van der Waals surface area contributed by atoms with Gasteiger partial charge in [-0.05, 0) is 79.8 Å². The highest BCUT2D eigenvalue weighted by Crippen LogP contribution is 2.50. The summed E-state index contributed by atoms with van der Waals surface area (Å²) in [4.78, 5) is 7.89. The van der Waals surface area contributed by atoms with E-state index in [2.05, 4.69) is 53.8 Å². The average molecular weight is 354 g/mol. The van der Waals surface area contributed by atoms with Crippen molar-refractivity contribution in [3.8, 4) is 0 Å². The first kappa shape index (κ1) is 17.1. The van der Waals surface area contributed by atoms with Gasteiger partial charge in [-0.3, -0.25) is 4.90 Å². The topological polar surface area (TPSA) is 9.72 Å². The summed E-state index contributed by atoms with van der Waals surface area (Å²) in [6, 6.07) is 8.21. The third-order valence-corrected chi connectivity index (χ3v) is 8.17. The Morgan fingerprint density at radius 2 is 1.85 bits per heavy atom. The molecule has 2 aliphatic heterocycles. The number of hydrogen-bond acceptors (Lipinski definition) is 3. The van der Waals surface area contributed by atoms with Crippen molar-refractivity contribution in [1.29, 1.82) is 0 Å². The van der Waals surface area contributed by atoms with Crippen LogP contribution in [-0.2, 0) is 11.8 Å². The molecular weight excluding hydrogens is 318 g/mol. The van der Waals surface area contributed by atoms with Gasteiger partial charge in [-0.2, -0.15) is 0 Å². The minimum atomic E-state index is 0.362. The van der Waals surface area contributed by atoms with Crippen molar-refractivity contribution in [2.75, 3.05) is 51.2 Å². The second-order valence-electron chi connectivity index (χ2n) is 9.80. The maximum Gasteiger partial charge on any atom is 0.0370 e. The van der Waals surface area contributed by atoms with Gasteiger partial charge in [0.05, 0.1) is 0 Å². The summed E-state index contributed by atoms with van der Waals surface area (Å²) in [5.41, 5.74) is 5.13. The molecule has 142 valence electrons. The van der Waals surface area contributed by atoms with Crippen LogP contribution < -0.4 is 4.90 Å². The Morgan fingerprint density at radius 3 is 2.58 bits per heavy atom. The fourth-order valence-corrected chi connectivity index (χ4v) is 5.82. The van der Waals surface area contributed by atoms with Crippen molar-refractivity contribution in [2.45, 2.75) is 51.0 Å². The molecule has 5 rings (SSSR count). The van der Waals surface area contributed by atoms with Crippen LogP contribution in [0.3, 0.4) is 0 Å². The van der Waals surface area contributed by atoms with E-state index in [1.807, 2.05) is 0 Å². The van der Waals surface area contributed by atoms with Crippen molar-refractivity contribution >= 4 is 5.69 Å². The zero-order valence-corrected chi connectivity index (χ0v) is 16.9. The lowest BCUT2D eigenvalue weighted by Gasteiger charge is -2.55. The quantitative estimate of drug-likeness (QED) is 0.825. The third kappa shape index (κ3) is 2.79. The second-order valence-corrected chi connectivity index (χ2v) is 9.80. The number of benzene rings is 1. The molecule has 26 heavy (non-hydrogen) atoms. The number of anilines is 1. The van der Waals surface area contributed by atoms with E-state index in [-0.39, 0.29) is 0 Å². The molecule has 3 fully saturated rings. The molecule has 0 N–H and O–H groups in total. The molecule has 1 aromatic carbocycles. The van der Waals surface area contributed by atoms with Gasteiger partial charge in [0.1, 0.15) is 0 Å². The molecule has 2 bridgehead atoms. The highest BCUT2D eigenvalue weighted by Gasteiger charge is 2.49. The fraction of sp³-hybridized carbons (Fsp3) is 0.739. The predicted molar refractivity (Wildman–Crippen MR) is 109 cm³/mol. The number of piperazine rings is 1. The van der Waals surface area contributed by atoms with Gasteiger partial charge in [-0.1, -0.05) is 19.9 Å². The minimum Gasteiger partial charge on any atom is -0.369 e. The summed E-state index contributed by atoms with van der Waals surface area (Å²) >= 11 is 0. The Labute approximate surface area is 159 Å². The Balaban J connectivity index is 1.43. The van der Waals surface area contributed by atoms with Gasteiger partial charge < -0.3 is 9.80 Å². The summed E-state index contributed by atoms with van der Waals surface area (Å²) in [6.45, 7) is 12.5. The van der Waals surface area contributed by atoms with E-state index in [4.69, 9.17) is 0 Å². The molecule has 0 aromatic heterocycles. The van der Waals surface area contributed by atoms with Crippen LogP contribution in [0.4, 0.5) is 5.69 Å². The van der Waals surface area contributed by atoms with Crippen molar-refractivity contribution in [3.63, 3.8) is 0 Å². The van der Waals surface area contributed by atoms with Crippen LogP contribution in [0.1, 0.15) is 44.2 Å². The minimum absolute atomic E-state index is 0.362. The van der Waals surface area contributed by atoms with Gasteiger partial charge in [0.15, 0.2) is 0 Å². The first-order chi connectivity index (χ1) is 12.5. The number of likely N-dealkylation sites (N-methyl/N-ethyl adjacent to an activating group) is 1. The SMILES string of the molecule is C[C@@H]1[C@@H]2Cc3ccc(N4CCN(C)CC4)cc3[C@@]1(C)CCN2CC1CC1. The van der Waals surface area contributed by atoms with E-state index in [9.17, 15) is 0 Å². The third-order valence-electron chi connectivity index (χ3n) is 8.17. The standard InChI is InChI=1S/C23H35N3/c1-17-22-14-19-6-7-20(25-12-10-24(3)11-13-25)15-21(19)23(17,2)8-9-26(22)16-18-4-5-18/h6-7,15,17-18,22H,4-5,8-14,16H2,1-3H3/t17-,22+,23+/m1/s1. The molecule has 1 aromatic rings. The molecule has 0 amide bonds. The van der Waals surface area contributed by atoms with Crippen LogP contribution in [0.15, 0.2) is 18.2 Å². The Hall–Kier alpha value is -1.06. The summed E-state index contributed by atoms with van der Waals surface area (Å²) in [7, 11) is 2.24. The molecule has 3 nitrogen and oxygen atoms in total. The van der Waals surface area contributed by atoms with Gasteiger partial charge in [0, 0.05) is 44.5 Å². The average Bonchev–Trinajstić information content (AvgIpc) is 3.45. The maximum absolute atomic E-state index is 2.85. The van der Waals surface area contributed by atoms with Crippen LogP contribution >= 0.6 is 0 Å². The number of rotatable bonds is 3. The molecule has 2 aliphatic carbocycles. The lowest BCUT2D eigenvalue weighted by Crippen LogP contribution is -2.58. The molecule has 2 saturated heterocycles. The summed E-state index contributed by atoms with van der Waals surface area (Å²) in [5, 5.41) is 0.